The van der Waals surface area contributed by atoms with Crippen LogP contribution in [0.1, 0.15) is 17.3 Å². The first-order chi connectivity index (χ1) is 11.8. The van der Waals surface area contributed by atoms with Crippen LogP contribution < -0.4 is 0 Å². The van der Waals surface area contributed by atoms with E-state index in [2.05, 4.69) is 28.8 Å². The molecule has 0 aliphatic heterocycles. The number of ether oxygens (including phenoxy) is 1. The number of carbonyl (C=O) groups is 1. The Labute approximate surface area is 140 Å². The van der Waals surface area contributed by atoms with Gasteiger partial charge in [-0.3, -0.25) is 0 Å². The lowest BCUT2D eigenvalue weighted by molar-refractivity contribution is 0.0526. The number of rotatable bonds is 3. The van der Waals surface area contributed by atoms with Crippen molar-refractivity contribution in [3.63, 3.8) is 0 Å². The maximum Gasteiger partial charge on any atom is 0.340 e. The van der Waals surface area contributed by atoms with Crippen LogP contribution in [-0.2, 0) is 4.74 Å². The van der Waals surface area contributed by atoms with Crippen LogP contribution in [0.2, 0.25) is 0 Å². The molecule has 3 aromatic carbocycles. The molecule has 4 aromatic rings. The highest BCUT2D eigenvalue weighted by molar-refractivity contribution is 6.10. The van der Waals surface area contributed by atoms with E-state index in [-0.39, 0.29) is 5.97 Å². The van der Waals surface area contributed by atoms with Gasteiger partial charge in [-0.15, -0.1) is 0 Å². The third kappa shape index (κ3) is 2.17. The zero-order chi connectivity index (χ0) is 16.5. The highest BCUT2D eigenvalue weighted by atomic mass is 16.5. The van der Waals surface area contributed by atoms with Gasteiger partial charge < -0.3 is 9.30 Å². The fourth-order valence-corrected chi connectivity index (χ4v) is 3.23. The van der Waals surface area contributed by atoms with Crippen LogP contribution in [0, 0.1) is 0 Å². The molecule has 24 heavy (non-hydrogen) atoms. The molecule has 1 heterocycles. The summed E-state index contributed by atoms with van der Waals surface area (Å²) in [6.45, 7) is 2.18. The van der Waals surface area contributed by atoms with Crippen molar-refractivity contribution in [1.82, 2.24) is 4.57 Å². The maximum atomic E-state index is 12.4. The van der Waals surface area contributed by atoms with Crippen molar-refractivity contribution in [2.24, 2.45) is 0 Å². The SMILES string of the molecule is CCOC(=O)c1ccccc1-n1c2ccccc2c2ccccc21. The first kappa shape index (κ1) is 14.5. The molecule has 1 aromatic heterocycles. The summed E-state index contributed by atoms with van der Waals surface area (Å²) >= 11 is 0. The van der Waals surface area contributed by atoms with Gasteiger partial charge in [0.25, 0.3) is 0 Å². The lowest BCUT2D eigenvalue weighted by Gasteiger charge is -2.12. The van der Waals surface area contributed by atoms with Crippen LogP contribution in [0.5, 0.6) is 0 Å². The van der Waals surface area contributed by atoms with Gasteiger partial charge in [0, 0.05) is 10.8 Å². The number of aromatic nitrogens is 1. The molecule has 0 saturated heterocycles. The molecule has 0 aliphatic rings. The summed E-state index contributed by atoms with van der Waals surface area (Å²) in [5.74, 6) is -0.296. The summed E-state index contributed by atoms with van der Waals surface area (Å²) in [5.41, 5.74) is 3.57. The molecular weight excluding hydrogens is 298 g/mol. The van der Waals surface area contributed by atoms with E-state index in [0.717, 1.165) is 16.7 Å². The first-order valence-corrected chi connectivity index (χ1v) is 8.06. The molecular formula is C21H17NO2. The van der Waals surface area contributed by atoms with Gasteiger partial charge in [-0.1, -0.05) is 48.5 Å². The van der Waals surface area contributed by atoms with E-state index >= 15 is 0 Å². The summed E-state index contributed by atoms with van der Waals surface area (Å²) in [4.78, 5) is 12.4. The Morgan fingerprint density at radius 2 is 1.38 bits per heavy atom. The van der Waals surface area contributed by atoms with E-state index in [1.54, 1.807) is 0 Å². The highest BCUT2D eigenvalue weighted by Gasteiger charge is 2.17. The Morgan fingerprint density at radius 3 is 2.00 bits per heavy atom. The van der Waals surface area contributed by atoms with Crippen LogP contribution in [0.15, 0.2) is 72.8 Å². The quantitative estimate of drug-likeness (QED) is 0.500. The molecule has 3 nitrogen and oxygen atoms in total. The molecule has 0 fully saturated rings. The number of hydrogen-bond donors (Lipinski definition) is 0. The van der Waals surface area contributed by atoms with Crippen molar-refractivity contribution in [3.05, 3.63) is 78.4 Å². The monoisotopic (exact) mass is 315 g/mol. The predicted molar refractivity (Wildman–Crippen MR) is 96.7 cm³/mol. The van der Waals surface area contributed by atoms with Crippen LogP contribution in [0.25, 0.3) is 27.5 Å². The van der Waals surface area contributed by atoms with Crippen LogP contribution >= 0.6 is 0 Å². The summed E-state index contributed by atoms with van der Waals surface area (Å²) < 4.78 is 7.37. The number of para-hydroxylation sites is 3. The molecule has 0 atom stereocenters. The van der Waals surface area contributed by atoms with Gasteiger partial charge in [0.15, 0.2) is 0 Å². The fourth-order valence-electron chi connectivity index (χ4n) is 3.23. The van der Waals surface area contributed by atoms with Gasteiger partial charge in [-0.05, 0) is 31.2 Å². The Balaban J connectivity index is 2.09. The topological polar surface area (TPSA) is 31.2 Å². The standard InChI is InChI=1S/C21H17NO2/c1-2-24-21(23)17-11-5-8-14-20(17)22-18-12-6-3-9-15(18)16-10-4-7-13-19(16)22/h3-14H,2H2,1H3. The van der Waals surface area contributed by atoms with Gasteiger partial charge >= 0.3 is 5.97 Å². The number of benzene rings is 3. The van der Waals surface area contributed by atoms with E-state index in [0.29, 0.717) is 12.2 Å². The molecule has 0 saturated carbocycles. The van der Waals surface area contributed by atoms with Gasteiger partial charge in [0.1, 0.15) is 0 Å². The van der Waals surface area contributed by atoms with E-state index < -0.39 is 0 Å². The Hall–Kier alpha value is -3.07. The zero-order valence-electron chi connectivity index (χ0n) is 13.4. The van der Waals surface area contributed by atoms with Gasteiger partial charge in [0.2, 0.25) is 0 Å². The number of fused-ring (bicyclic) bond motifs is 3. The summed E-state index contributed by atoms with van der Waals surface area (Å²) in [6, 6.07) is 24.1. The molecule has 0 amide bonds. The molecule has 0 N–H and O–H groups in total. The van der Waals surface area contributed by atoms with Gasteiger partial charge in [-0.2, -0.15) is 0 Å². The first-order valence-electron chi connectivity index (χ1n) is 8.06. The minimum absolute atomic E-state index is 0.296. The lowest BCUT2D eigenvalue weighted by Crippen LogP contribution is -2.09. The number of esters is 1. The van der Waals surface area contributed by atoms with Crippen molar-refractivity contribution in [1.29, 1.82) is 0 Å². The third-order valence-corrected chi connectivity index (χ3v) is 4.22. The summed E-state index contributed by atoms with van der Waals surface area (Å²) in [5, 5.41) is 2.35. The Bertz CT molecular complexity index is 993. The Morgan fingerprint density at radius 1 is 0.833 bits per heavy atom. The minimum Gasteiger partial charge on any atom is -0.462 e. The second-order valence-electron chi connectivity index (χ2n) is 5.61. The predicted octanol–water partition coefficient (Wildman–Crippen LogP) is 4.96. The minimum atomic E-state index is -0.296. The maximum absolute atomic E-state index is 12.4. The molecule has 118 valence electrons. The largest absolute Gasteiger partial charge is 0.462 e. The molecule has 0 aliphatic carbocycles. The molecule has 3 heteroatoms. The van der Waals surface area contributed by atoms with Crippen molar-refractivity contribution in [2.75, 3.05) is 6.61 Å². The highest BCUT2D eigenvalue weighted by Crippen LogP contribution is 2.32. The van der Waals surface area contributed by atoms with Crippen molar-refractivity contribution >= 4 is 27.8 Å². The van der Waals surface area contributed by atoms with Gasteiger partial charge in [-0.25, -0.2) is 4.79 Å². The second kappa shape index (κ2) is 5.85. The summed E-state index contributed by atoms with van der Waals surface area (Å²) in [7, 11) is 0. The van der Waals surface area contributed by atoms with Gasteiger partial charge in [0.05, 0.1) is 28.9 Å². The zero-order valence-corrected chi connectivity index (χ0v) is 13.4. The smallest absolute Gasteiger partial charge is 0.340 e. The number of nitrogens with zero attached hydrogens (tertiary/aromatic N) is 1. The van der Waals surface area contributed by atoms with Crippen molar-refractivity contribution < 1.29 is 9.53 Å². The van der Waals surface area contributed by atoms with Crippen LogP contribution in [0.3, 0.4) is 0 Å². The van der Waals surface area contributed by atoms with Crippen LogP contribution in [0.4, 0.5) is 0 Å². The number of carbonyl (C=O) groups excluding carboxylic acids is 1. The lowest BCUT2D eigenvalue weighted by atomic mass is 10.1. The molecule has 0 bridgehead atoms. The molecule has 4 rings (SSSR count). The van der Waals surface area contributed by atoms with Crippen molar-refractivity contribution in [2.45, 2.75) is 6.92 Å². The molecule has 0 radical (unpaired) electrons. The Kier molecular flexibility index (Phi) is 3.54. The number of hydrogen-bond acceptors (Lipinski definition) is 2. The molecule has 0 unspecified atom stereocenters. The third-order valence-electron chi connectivity index (χ3n) is 4.22. The average molecular weight is 315 g/mol. The second-order valence-corrected chi connectivity index (χ2v) is 5.61. The van der Waals surface area contributed by atoms with E-state index in [1.165, 1.54) is 10.8 Å². The summed E-state index contributed by atoms with van der Waals surface area (Å²) in [6.07, 6.45) is 0. The normalized spacial score (nSPS) is 11.0. The molecule has 0 spiro atoms. The fraction of sp³-hybridized carbons (Fsp3) is 0.0952. The van der Waals surface area contributed by atoms with E-state index in [1.807, 2.05) is 55.5 Å². The van der Waals surface area contributed by atoms with E-state index in [9.17, 15) is 4.79 Å². The average Bonchev–Trinajstić information content (AvgIpc) is 2.96. The van der Waals surface area contributed by atoms with Crippen LogP contribution in [-0.4, -0.2) is 17.1 Å². The van der Waals surface area contributed by atoms with E-state index in [4.69, 9.17) is 4.74 Å². The van der Waals surface area contributed by atoms with Crippen molar-refractivity contribution in [3.8, 4) is 5.69 Å².